The summed E-state index contributed by atoms with van der Waals surface area (Å²) in [6, 6.07) is 19.4. The van der Waals surface area contributed by atoms with Crippen LogP contribution in [0.3, 0.4) is 0 Å². The first-order valence-corrected chi connectivity index (χ1v) is 12.2. The molecule has 1 N–H and O–H groups in total. The molecule has 7 nitrogen and oxygen atoms in total. The van der Waals surface area contributed by atoms with Crippen molar-refractivity contribution in [2.75, 3.05) is 27.4 Å². The highest BCUT2D eigenvalue weighted by molar-refractivity contribution is 7.89. The van der Waals surface area contributed by atoms with Gasteiger partial charge in [0.05, 0.1) is 33.5 Å². The maximum Gasteiger partial charge on any atom is 0.244 e. The zero-order chi connectivity index (χ0) is 23.3. The minimum absolute atomic E-state index is 0.0400. The van der Waals surface area contributed by atoms with Crippen molar-refractivity contribution in [1.82, 2.24) is 4.72 Å². The third-order valence-corrected chi connectivity index (χ3v) is 6.93. The van der Waals surface area contributed by atoms with Gasteiger partial charge in [-0.1, -0.05) is 36.4 Å². The van der Waals surface area contributed by atoms with Gasteiger partial charge in [0.15, 0.2) is 11.5 Å². The molecule has 0 spiro atoms. The fourth-order valence-corrected chi connectivity index (χ4v) is 5.10. The van der Waals surface area contributed by atoms with E-state index in [4.69, 9.17) is 18.9 Å². The Morgan fingerprint density at radius 1 is 0.909 bits per heavy atom. The molecular formula is C25H27NO6S. The number of sulfonamides is 1. The highest BCUT2D eigenvalue weighted by atomic mass is 32.2. The van der Waals surface area contributed by atoms with Crippen molar-refractivity contribution >= 4 is 10.0 Å². The average Bonchev–Trinajstić information content (AvgIpc) is 3.08. The van der Waals surface area contributed by atoms with Crippen LogP contribution in [0, 0.1) is 0 Å². The summed E-state index contributed by atoms with van der Waals surface area (Å²) in [4.78, 5) is 0.0400. The van der Waals surface area contributed by atoms with Crippen LogP contribution in [0.15, 0.2) is 71.6 Å². The Bertz CT molecular complexity index is 1200. The van der Waals surface area contributed by atoms with E-state index in [2.05, 4.69) is 4.72 Å². The van der Waals surface area contributed by atoms with E-state index in [1.807, 2.05) is 48.5 Å². The highest BCUT2D eigenvalue weighted by Gasteiger charge is 2.26. The van der Waals surface area contributed by atoms with Crippen LogP contribution in [0.25, 0.3) is 0 Å². The third-order valence-electron chi connectivity index (χ3n) is 5.41. The van der Waals surface area contributed by atoms with Crippen LogP contribution in [-0.2, 0) is 16.4 Å². The maximum absolute atomic E-state index is 13.4. The highest BCUT2D eigenvalue weighted by Crippen LogP contribution is 2.35. The zero-order valence-electron chi connectivity index (χ0n) is 18.6. The van der Waals surface area contributed by atoms with Crippen LogP contribution in [0.2, 0.25) is 0 Å². The quantitative estimate of drug-likeness (QED) is 0.534. The number of fused-ring (bicyclic) bond motifs is 1. The van der Waals surface area contributed by atoms with Gasteiger partial charge < -0.3 is 18.9 Å². The largest absolute Gasteiger partial charge is 0.497 e. The Kier molecular flexibility index (Phi) is 7.05. The van der Waals surface area contributed by atoms with Crippen molar-refractivity contribution in [3.05, 3.63) is 77.9 Å². The smallest absolute Gasteiger partial charge is 0.244 e. The number of hydrogen-bond donors (Lipinski definition) is 1. The lowest BCUT2D eigenvalue weighted by molar-refractivity contribution is 0.297. The molecule has 0 saturated carbocycles. The first kappa shape index (κ1) is 22.9. The zero-order valence-corrected chi connectivity index (χ0v) is 19.4. The average molecular weight is 470 g/mol. The van der Waals surface area contributed by atoms with Crippen molar-refractivity contribution in [3.63, 3.8) is 0 Å². The van der Waals surface area contributed by atoms with E-state index >= 15 is 0 Å². The Morgan fingerprint density at radius 3 is 2.39 bits per heavy atom. The second-order valence-electron chi connectivity index (χ2n) is 7.64. The Balaban J connectivity index is 1.70. The molecule has 1 aliphatic rings. The standard InChI is InChI=1S/C25H27NO6S/c1-29-20-10-12-25(24(17-20)30-2)33(27,28)26-21(15-18-7-4-3-5-8-18)19-9-11-22-23(16-19)32-14-6-13-31-22/h3-5,7-12,16-17,21,26H,6,13-15H2,1-2H3. The fourth-order valence-electron chi connectivity index (χ4n) is 3.72. The van der Waals surface area contributed by atoms with E-state index in [1.54, 1.807) is 12.1 Å². The Labute approximate surface area is 194 Å². The molecule has 0 radical (unpaired) electrons. The molecule has 0 amide bonds. The summed E-state index contributed by atoms with van der Waals surface area (Å²) in [5.41, 5.74) is 1.78. The van der Waals surface area contributed by atoms with Gasteiger partial charge in [-0.3, -0.25) is 0 Å². The molecule has 0 bridgehead atoms. The van der Waals surface area contributed by atoms with Crippen LogP contribution in [0.4, 0.5) is 0 Å². The molecule has 3 aromatic rings. The van der Waals surface area contributed by atoms with Gasteiger partial charge in [-0.2, -0.15) is 0 Å². The number of methoxy groups -OCH3 is 2. The predicted molar refractivity (Wildman–Crippen MR) is 125 cm³/mol. The van der Waals surface area contributed by atoms with E-state index in [0.717, 1.165) is 17.5 Å². The molecule has 0 aliphatic carbocycles. The van der Waals surface area contributed by atoms with Crippen molar-refractivity contribution in [3.8, 4) is 23.0 Å². The molecule has 1 atom stereocenters. The van der Waals surface area contributed by atoms with Gasteiger partial charge in [0.1, 0.15) is 16.4 Å². The lowest BCUT2D eigenvalue weighted by atomic mass is 9.99. The van der Waals surface area contributed by atoms with Crippen molar-refractivity contribution in [2.45, 2.75) is 23.8 Å². The molecule has 1 unspecified atom stereocenters. The normalized spacial score (nSPS) is 14.2. The summed E-state index contributed by atoms with van der Waals surface area (Å²) in [7, 11) is -0.982. The summed E-state index contributed by atoms with van der Waals surface area (Å²) in [5.74, 6) is 1.99. The lowest BCUT2D eigenvalue weighted by Crippen LogP contribution is -2.30. The molecule has 3 aromatic carbocycles. The third kappa shape index (κ3) is 5.40. The van der Waals surface area contributed by atoms with Gasteiger partial charge in [0.25, 0.3) is 0 Å². The van der Waals surface area contributed by atoms with E-state index < -0.39 is 16.1 Å². The minimum Gasteiger partial charge on any atom is -0.497 e. The summed E-state index contributed by atoms with van der Waals surface area (Å²) in [6.07, 6.45) is 1.25. The SMILES string of the molecule is COc1ccc(S(=O)(=O)NC(Cc2ccccc2)c2ccc3c(c2)OCCCO3)c(OC)c1. The minimum atomic E-state index is -3.93. The van der Waals surface area contributed by atoms with Gasteiger partial charge in [-0.05, 0) is 41.8 Å². The molecular weight excluding hydrogens is 442 g/mol. The van der Waals surface area contributed by atoms with Crippen molar-refractivity contribution in [1.29, 1.82) is 0 Å². The first-order chi connectivity index (χ1) is 16.0. The van der Waals surface area contributed by atoms with Gasteiger partial charge in [0, 0.05) is 12.5 Å². The predicted octanol–water partition coefficient (Wildman–Crippen LogP) is 4.13. The Morgan fingerprint density at radius 2 is 1.67 bits per heavy atom. The summed E-state index contributed by atoms with van der Waals surface area (Å²) in [6.45, 7) is 1.14. The number of hydrogen-bond acceptors (Lipinski definition) is 6. The second-order valence-corrected chi connectivity index (χ2v) is 9.32. The van der Waals surface area contributed by atoms with E-state index in [-0.39, 0.29) is 10.6 Å². The van der Waals surface area contributed by atoms with Gasteiger partial charge in [-0.25, -0.2) is 13.1 Å². The van der Waals surface area contributed by atoms with Crippen LogP contribution in [0.5, 0.6) is 23.0 Å². The van der Waals surface area contributed by atoms with E-state index in [9.17, 15) is 8.42 Å². The van der Waals surface area contributed by atoms with Crippen LogP contribution >= 0.6 is 0 Å². The molecule has 0 fully saturated rings. The van der Waals surface area contributed by atoms with Gasteiger partial charge >= 0.3 is 0 Å². The molecule has 0 aromatic heterocycles. The number of benzene rings is 3. The monoisotopic (exact) mass is 469 g/mol. The fraction of sp³-hybridized carbons (Fsp3) is 0.280. The maximum atomic E-state index is 13.4. The van der Waals surface area contributed by atoms with Crippen LogP contribution in [-0.4, -0.2) is 35.9 Å². The summed E-state index contributed by atoms with van der Waals surface area (Å²) < 4.78 is 51.8. The molecule has 8 heteroatoms. The van der Waals surface area contributed by atoms with Crippen molar-refractivity contribution in [2.24, 2.45) is 0 Å². The second kappa shape index (κ2) is 10.1. The molecule has 174 valence electrons. The van der Waals surface area contributed by atoms with Crippen molar-refractivity contribution < 1.29 is 27.4 Å². The number of rotatable bonds is 8. The molecule has 1 heterocycles. The molecule has 33 heavy (non-hydrogen) atoms. The van der Waals surface area contributed by atoms with Crippen LogP contribution < -0.4 is 23.7 Å². The molecule has 1 aliphatic heterocycles. The first-order valence-electron chi connectivity index (χ1n) is 10.7. The number of nitrogens with one attached hydrogen (secondary N) is 1. The molecule has 4 rings (SSSR count). The summed E-state index contributed by atoms with van der Waals surface area (Å²) in [5, 5.41) is 0. The van der Waals surface area contributed by atoms with Gasteiger partial charge in [0.2, 0.25) is 10.0 Å². The van der Waals surface area contributed by atoms with E-state index in [1.165, 1.54) is 20.3 Å². The number of ether oxygens (including phenoxy) is 4. The lowest BCUT2D eigenvalue weighted by Gasteiger charge is -2.21. The Hall–Kier alpha value is -3.23. The van der Waals surface area contributed by atoms with E-state index in [0.29, 0.717) is 36.9 Å². The summed E-state index contributed by atoms with van der Waals surface area (Å²) >= 11 is 0. The van der Waals surface area contributed by atoms with Gasteiger partial charge in [-0.15, -0.1) is 0 Å². The topological polar surface area (TPSA) is 83.1 Å². The molecule has 0 saturated heterocycles. The van der Waals surface area contributed by atoms with Crippen LogP contribution in [0.1, 0.15) is 23.6 Å².